The van der Waals surface area contributed by atoms with Gasteiger partial charge in [-0.05, 0) is 52.1 Å². The Kier molecular flexibility index (Phi) is 6.98. The Labute approximate surface area is 201 Å². The molecule has 4 aromatic carbocycles. The second-order valence-corrected chi connectivity index (χ2v) is 10.4. The molecular formula is C28H28N2O3S. The summed E-state index contributed by atoms with van der Waals surface area (Å²) in [6, 6.07) is 30.6. The van der Waals surface area contributed by atoms with Crippen molar-refractivity contribution in [2.45, 2.75) is 19.4 Å². The van der Waals surface area contributed by atoms with Gasteiger partial charge in [-0.2, -0.15) is 0 Å². The van der Waals surface area contributed by atoms with E-state index in [1.54, 1.807) is 24.3 Å². The van der Waals surface area contributed by atoms with Crippen LogP contribution in [0.1, 0.15) is 34.3 Å². The Morgan fingerprint density at radius 2 is 1.50 bits per heavy atom. The molecule has 0 aliphatic rings. The average Bonchev–Trinajstić information content (AvgIpc) is 2.85. The van der Waals surface area contributed by atoms with Crippen molar-refractivity contribution in [3.05, 3.63) is 114 Å². The molecule has 1 atom stereocenters. The van der Waals surface area contributed by atoms with Gasteiger partial charge in [0.2, 0.25) is 10.0 Å². The van der Waals surface area contributed by atoms with Gasteiger partial charge in [0.15, 0.2) is 0 Å². The molecule has 6 heteroatoms. The molecule has 1 unspecified atom stereocenters. The van der Waals surface area contributed by atoms with Crippen LogP contribution in [0.15, 0.2) is 97.1 Å². The fourth-order valence-electron chi connectivity index (χ4n) is 3.91. The molecule has 0 heterocycles. The quantitative estimate of drug-likeness (QED) is 0.376. The Bertz CT molecular complexity index is 1380. The molecule has 1 amide bonds. The Morgan fingerprint density at radius 1 is 0.853 bits per heavy atom. The molecule has 34 heavy (non-hydrogen) atoms. The highest BCUT2D eigenvalue weighted by Gasteiger charge is 2.19. The van der Waals surface area contributed by atoms with Crippen molar-refractivity contribution in [1.82, 2.24) is 5.32 Å². The van der Waals surface area contributed by atoms with E-state index >= 15 is 0 Å². The summed E-state index contributed by atoms with van der Waals surface area (Å²) in [5.74, 6) is 0.0542. The summed E-state index contributed by atoms with van der Waals surface area (Å²) in [7, 11) is -3.50. The monoisotopic (exact) mass is 472 g/mol. The van der Waals surface area contributed by atoms with E-state index in [1.807, 2.05) is 60.7 Å². The maximum atomic E-state index is 12.6. The maximum absolute atomic E-state index is 12.6. The van der Waals surface area contributed by atoms with Crippen molar-refractivity contribution < 1.29 is 13.2 Å². The molecular weight excluding hydrogens is 444 g/mol. The van der Waals surface area contributed by atoms with Crippen molar-refractivity contribution in [1.29, 1.82) is 0 Å². The van der Waals surface area contributed by atoms with Crippen molar-refractivity contribution >= 4 is 32.4 Å². The molecule has 0 aromatic heterocycles. The fraction of sp³-hybridized carbons (Fsp3) is 0.179. The first-order chi connectivity index (χ1) is 16.3. The van der Waals surface area contributed by atoms with E-state index in [0.717, 1.165) is 16.3 Å². The number of nitrogens with one attached hydrogen (secondary N) is 1. The molecule has 0 spiro atoms. The van der Waals surface area contributed by atoms with Gasteiger partial charge in [-0.3, -0.25) is 9.10 Å². The van der Waals surface area contributed by atoms with Gasteiger partial charge < -0.3 is 5.32 Å². The normalized spacial score (nSPS) is 12.3. The molecule has 5 nitrogen and oxygen atoms in total. The molecule has 0 fully saturated rings. The van der Waals surface area contributed by atoms with E-state index in [9.17, 15) is 13.2 Å². The highest BCUT2D eigenvalue weighted by Crippen LogP contribution is 2.25. The highest BCUT2D eigenvalue weighted by atomic mass is 32.2. The Balaban J connectivity index is 1.45. The summed E-state index contributed by atoms with van der Waals surface area (Å²) < 4.78 is 26.5. The largest absolute Gasteiger partial charge is 0.351 e. The lowest BCUT2D eigenvalue weighted by Crippen LogP contribution is -2.29. The van der Waals surface area contributed by atoms with E-state index in [-0.39, 0.29) is 18.4 Å². The number of hydrogen-bond acceptors (Lipinski definition) is 3. The SMILES string of the molecule is CC(CNC(=O)c1ccc(CN(c2ccc3ccccc3c2)S(C)(=O)=O)cc1)c1ccccc1. The minimum Gasteiger partial charge on any atom is -0.351 e. The predicted octanol–water partition coefficient (Wildman–Crippen LogP) is 5.34. The topological polar surface area (TPSA) is 66.5 Å². The third kappa shape index (κ3) is 5.64. The van der Waals surface area contributed by atoms with Crippen LogP contribution in [-0.2, 0) is 16.6 Å². The molecule has 1 N–H and O–H groups in total. The smallest absolute Gasteiger partial charge is 0.251 e. The number of amides is 1. The van der Waals surface area contributed by atoms with E-state index in [4.69, 9.17) is 0 Å². The third-order valence-corrected chi connectivity index (χ3v) is 7.04. The minimum absolute atomic E-state index is 0.149. The third-order valence-electron chi connectivity index (χ3n) is 5.90. The van der Waals surface area contributed by atoms with Crippen LogP contribution >= 0.6 is 0 Å². The lowest BCUT2D eigenvalue weighted by Gasteiger charge is -2.23. The molecule has 0 aliphatic carbocycles. The lowest BCUT2D eigenvalue weighted by atomic mass is 10.0. The zero-order valence-electron chi connectivity index (χ0n) is 19.3. The van der Waals surface area contributed by atoms with Crippen molar-refractivity contribution in [3.63, 3.8) is 0 Å². The summed E-state index contributed by atoms with van der Waals surface area (Å²) in [5, 5.41) is 5.01. The predicted molar refractivity (Wildman–Crippen MR) is 139 cm³/mol. The summed E-state index contributed by atoms with van der Waals surface area (Å²) in [5.41, 5.74) is 3.12. The highest BCUT2D eigenvalue weighted by molar-refractivity contribution is 7.92. The first-order valence-electron chi connectivity index (χ1n) is 11.2. The van der Waals surface area contributed by atoms with Gasteiger partial charge in [-0.25, -0.2) is 8.42 Å². The molecule has 174 valence electrons. The first-order valence-corrected chi connectivity index (χ1v) is 13.0. The van der Waals surface area contributed by atoms with Crippen molar-refractivity contribution in [3.8, 4) is 0 Å². The van der Waals surface area contributed by atoms with E-state index in [2.05, 4.69) is 24.4 Å². The van der Waals surface area contributed by atoms with Crippen LogP contribution in [0.4, 0.5) is 5.69 Å². The number of benzene rings is 4. The number of anilines is 1. The van der Waals surface area contributed by atoms with Crippen LogP contribution in [0.25, 0.3) is 10.8 Å². The molecule has 0 saturated carbocycles. The molecule has 4 rings (SSSR count). The Morgan fingerprint density at radius 3 is 2.18 bits per heavy atom. The van der Waals surface area contributed by atoms with E-state index in [0.29, 0.717) is 17.8 Å². The molecule has 0 bridgehead atoms. The number of carbonyl (C=O) groups excluding carboxylic acids is 1. The second kappa shape index (κ2) is 10.1. The summed E-state index contributed by atoms with van der Waals surface area (Å²) in [6.45, 7) is 2.80. The Hall–Kier alpha value is -3.64. The van der Waals surface area contributed by atoms with Crippen LogP contribution < -0.4 is 9.62 Å². The molecule has 4 aromatic rings. The summed E-state index contributed by atoms with van der Waals surface area (Å²) >= 11 is 0. The zero-order chi connectivity index (χ0) is 24.1. The van der Waals surface area contributed by atoms with E-state index in [1.165, 1.54) is 16.1 Å². The van der Waals surface area contributed by atoms with Gasteiger partial charge in [0, 0.05) is 12.1 Å². The van der Waals surface area contributed by atoms with Crippen molar-refractivity contribution in [2.24, 2.45) is 0 Å². The van der Waals surface area contributed by atoms with Gasteiger partial charge in [0.25, 0.3) is 5.91 Å². The lowest BCUT2D eigenvalue weighted by molar-refractivity contribution is 0.0951. The minimum atomic E-state index is -3.50. The van der Waals surface area contributed by atoms with E-state index < -0.39 is 10.0 Å². The summed E-state index contributed by atoms with van der Waals surface area (Å²) in [6.07, 6.45) is 1.21. The van der Waals surface area contributed by atoms with Crippen molar-refractivity contribution in [2.75, 3.05) is 17.1 Å². The standard InChI is InChI=1S/C28H28N2O3S/c1-21(23-8-4-3-5-9-23)19-29-28(31)25-14-12-22(13-15-25)20-30(34(2,32)33)27-17-16-24-10-6-7-11-26(24)18-27/h3-18,21H,19-20H2,1-2H3,(H,29,31). The maximum Gasteiger partial charge on any atom is 0.251 e. The zero-order valence-corrected chi connectivity index (χ0v) is 20.1. The number of nitrogens with zero attached hydrogens (tertiary/aromatic N) is 1. The summed E-state index contributed by atoms with van der Waals surface area (Å²) in [4.78, 5) is 12.6. The van der Waals surface area contributed by atoms with Gasteiger partial charge in [-0.1, -0.05) is 79.7 Å². The van der Waals surface area contributed by atoms with Crippen LogP contribution in [0.5, 0.6) is 0 Å². The van der Waals surface area contributed by atoms with Gasteiger partial charge >= 0.3 is 0 Å². The number of rotatable bonds is 8. The van der Waals surface area contributed by atoms with Gasteiger partial charge in [-0.15, -0.1) is 0 Å². The number of sulfonamides is 1. The van der Waals surface area contributed by atoms with Crippen LogP contribution in [0.3, 0.4) is 0 Å². The van der Waals surface area contributed by atoms with Gasteiger partial charge in [0.05, 0.1) is 18.5 Å². The average molecular weight is 473 g/mol. The molecule has 0 radical (unpaired) electrons. The van der Waals surface area contributed by atoms with Crippen LogP contribution in [0, 0.1) is 0 Å². The number of fused-ring (bicyclic) bond motifs is 1. The molecule has 0 aliphatic heterocycles. The number of carbonyl (C=O) groups is 1. The van der Waals surface area contributed by atoms with Gasteiger partial charge in [0.1, 0.15) is 0 Å². The fourth-order valence-corrected chi connectivity index (χ4v) is 4.79. The van der Waals surface area contributed by atoms with Crippen LogP contribution in [-0.4, -0.2) is 27.1 Å². The molecule has 0 saturated heterocycles. The van der Waals surface area contributed by atoms with Crippen LogP contribution in [0.2, 0.25) is 0 Å². The first kappa shape index (κ1) is 23.5. The second-order valence-electron chi connectivity index (χ2n) is 8.52. The number of hydrogen-bond donors (Lipinski definition) is 1.